The van der Waals surface area contributed by atoms with E-state index >= 15 is 0 Å². The minimum atomic E-state index is 0.412. The molecule has 0 aliphatic heterocycles. The van der Waals surface area contributed by atoms with E-state index in [4.69, 9.17) is 11.6 Å². The molecule has 0 N–H and O–H groups in total. The molecule has 3 heteroatoms. The van der Waals surface area contributed by atoms with Gasteiger partial charge in [-0.3, -0.25) is 9.78 Å². The molecule has 10 heavy (non-hydrogen) atoms. The van der Waals surface area contributed by atoms with Crippen LogP contribution in [0.3, 0.4) is 0 Å². The lowest BCUT2D eigenvalue weighted by Crippen LogP contribution is -1.88. The van der Waals surface area contributed by atoms with E-state index in [9.17, 15) is 4.79 Å². The maximum atomic E-state index is 10.3. The third kappa shape index (κ3) is 1.16. The maximum Gasteiger partial charge on any atom is 0.151 e. The minimum Gasteiger partial charge on any atom is -0.298 e. The number of halogens is 1. The molecule has 0 amide bonds. The Hall–Kier alpha value is -0.890. The minimum absolute atomic E-state index is 0.412. The number of rotatable bonds is 1. The summed E-state index contributed by atoms with van der Waals surface area (Å²) in [6, 6.07) is 0. The molecule has 1 aromatic heterocycles. The number of hydrogen-bond donors (Lipinski definition) is 0. The molecule has 1 aromatic rings. The predicted molar refractivity (Wildman–Crippen MR) is 39.4 cm³/mol. The Bertz CT molecular complexity index is 240. The Morgan fingerprint density at radius 3 is 2.70 bits per heavy atom. The Morgan fingerprint density at radius 1 is 1.60 bits per heavy atom. The van der Waals surface area contributed by atoms with Crippen molar-refractivity contribution in [3.05, 3.63) is 28.5 Å². The first-order valence-electron chi connectivity index (χ1n) is 2.81. The van der Waals surface area contributed by atoms with Crippen LogP contribution in [0.5, 0.6) is 0 Å². The number of nitrogens with zero attached hydrogens (tertiary/aromatic N) is 1. The molecule has 0 fully saturated rings. The molecule has 0 aliphatic carbocycles. The maximum absolute atomic E-state index is 10.3. The van der Waals surface area contributed by atoms with Gasteiger partial charge in [0.25, 0.3) is 0 Å². The smallest absolute Gasteiger partial charge is 0.151 e. The molecule has 0 radical (unpaired) electrons. The van der Waals surface area contributed by atoms with Gasteiger partial charge < -0.3 is 0 Å². The van der Waals surface area contributed by atoms with Gasteiger partial charge in [0, 0.05) is 18.0 Å². The van der Waals surface area contributed by atoms with E-state index in [-0.39, 0.29) is 0 Å². The first-order valence-corrected chi connectivity index (χ1v) is 3.19. The molecule has 1 rings (SSSR count). The molecule has 2 nitrogen and oxygen atoms in total. The summed E-state index contributed by atoms with van der Waals surface area (Å²) < 4.78 is 0. The van der Waals surface area contributed by atoms with Gasteiger partial charge in [-0.2, -0.15) is 0 Å². The quantitative estimate of drug-likeness (QED) is 0.580. The summed E-state index contributed by atoms with van der Waals surface area (Å²) in [6.45, 7) is 1.79. The van der Waals surface area contributed by atoms with Crippen molar-refractivity contribution in [2.75, 3.05) is 0 Å². The van der Waals surface area contributed by atoms with Crippen molar-refractivity contribution in [2.24, 2.45) is 0 Å². The molecule has 0 saturated heterocycles. The van der Waals surface area contributed by atoms with Crippen molar-refractivity contribution in [1.82, 2.24) is 4.98 Å². The van der Waals surface area contributed by atoms with Gasteiger partial charge in [-0.15, -0.1) is 0 Å². The van der Waals surface area contributed by atoms with E-state index in [1.54, 1.807) is 13.1 Å². The topological polar surface area (TPSA) is 30.0 Å². The fraction of sp³-hybridized carbons (Fsp3) is 0.143. The second kappa shape index (κ2) is 2.80. The van der Waals surface area contributed by atoms with Gasteiger partial charge in [-0.25, -0.2) is 0 Å². The van der Waals surface area contributed by atoms with E-state index in [2.05, 4.69) is 4.98 Å². The van der Waals surface area contributed by atoms with Crippen LogP contribution in [-0.4, -0.2) is 11.3 Å². The van der Waals surface area contributed by atoms with E-state index in [1.807, 2.05) is 0 Å². The van der Waals surface area contributed by atoms with Crippen LogP contribution >= 0.6 is 11.6 Å². The largest absolute Gasteiger partial charge is 0.298 e. The van der Waals surface area contributed by atoms with Crippen LogP contribution in [0, 0.1) is 6.92 Å². The van der Waals surface area contributed by atoms with Crippen LogP contribution in [0.1, 0.15) is 15.9 Å². The van der Waals surface area contributed by atoms with E-state index in [0.717, 1.165) is 11.8 Å². The Labute approximate surface area is 63.8 Å². The van der Waals surface area contributed by atoms with Gasteiger partial charge in [0.1, 0.15) is 0 Å². The molecule has 1 heterocycles. The second-order valence-corrected chi connectivity index (χ2v) is 2.38. The number of carbonyl (C=O) groups excluding carboxylic acids is 1. The van der Waals surface area contributed by atoms with Crippen LogP contribution < -0.4 is 0 Å². The average molecular weight is 156 g/mol. The highest BCUT2D eigenvalue weighted by Crippen LogP contribution is 2.14. The molecule has 0 saturated carbocycles. The summed E-state index contributed by atoms with van der Waals surface area (Å²) in [6.07, 6.45) is 3.80. The van der Waals surface area contributed by atoms with E-state index in [0.29, 0.717) is 10.6 Å². The van der Waals surface area contributed by atoms with Crippen molar-refractivity contribution < 1.29 is 4.79 Å². The van der Waals surface area contributed by atoms with Gasteiger partial charge in [-0.1, -0.05) is 11.6 Å². The van der Waals surface area contributed by atoms with Crippen LogP contribution in [-0.2, 0) is 0 Å². The highest BCUT2D eigenvalue weighted by Gasteiger charge is 2.00. The van der Waals surface area contributed by atoms with Gasteiger partial charge in [0.2, 0.25) is 0 Å². The lowest BCUT2D eigenvalue weighted by Gasteiger charge is -1.96. The lowest BCUT2D eigenvalue weighted by atomic mass is 10.2. The zero-order chi connectivity index (χ0) is 7.56. The van der Waals surface area contributed by atoms with Gasteiger partial charge >= 0.3 is 0 Å². The van der Waals surface area contributed by atoms with Crippen molar-refractivity contribution in [1.29, 1.82) is 0 Å². The summed E-state index contributed by atoms with van der Waals surface area (Å²) in [5.41, 5.74) is 1.33. The monoisotopic (exact) mass is 155 g/mol. The first-order chi connectivity index (χ1) is 4.75. The molecule has 0 bridgehead atoms. The zero-order valence-corrected chi connectivity index (χ0v) is 6.22. The number of aromatic nitrogens is 1. The standard InChI is InChI=1S/C7H6ClNO/c1-5-2-9-3-7(8)6(5)4-10/h2-4H,1H3. The van der Waals surface area contributed by atoms with Gasteiger partial charge in [0.15, 0.2) is 6.29 Å². The molecular weight excluding hydrogens is 150 g/mol. The fourth-order valence-electron chi connectivity index (χ4n) is 0.691. The molecular formula is C7H6ClNO. The summed E-state index contributed by atoms with van der Waals surface area (Å²) in [5.74, 6) is 0. The molecule has 52 valence electrons. The molecule has 0 aliphatic rings. The van der Waals surface area contributed by atoms with Gasteiger partial charge in [-0.05, 0) is 12.5 Å². The average Bonchev–Trinajstić information content (AvgIpc) is 1.88. The highest BCUT2D eigenvalue weighted by atomic mass is 35.5. The van der Waals surface area contributed by atoms with Gasteiger partial charge in [0.05, 0.1) is 5.02 Å². The molecule has 0 aromatic carbocycles. The number of aldehydes is 1. The number of pyridine rings is 1. The fourth-order valence-corrected chi connectivity index (χ4v) is 0.941. The first kappa shape index (κ1) is 7.22. The summed E-state index contributed by atoms with van der Waals surface area (Å²) in [7, 11) is 0. The third-order valence-electron chi connectivity index (χ3n) is 1.26. The molecule has 0 unspecified atom stereocenters. The van der Waals surface area contributed by atoms with Crippen LogP contribution in [0.15, 0.2) is 12.4 Å². The highest BCUT2D eigenvalue weighted by molar-refractivity contribution is 6.32. The lowest BCUT2D eigenvalue weighted by molar-refractivity contribution is 0.112. The predicted octanol–water partition coefficient (Wildman–Crippen LogP) is 1.86. The SMILES string of the molecule is Cc1cncc(Cl)c1C=O. The Balaban J connectivity index is 3.30. The summed E-state index contributed by atoms with van der Waals surface area (Å²) >= 11 is 5.64. The normalized spacial score (nSPS) is 9.40. The van der Waals surface area contributed by atoms with E-state index in [1.165, 1.54) is 6.20 Å². The van der Waals surface area contributed by atoms with Crippen molar-refractivity contribution in [2.45, 2.75) is 6.92 Å². The second-order valence-electron chi connectivity index (χ2n) is 1.97. The van der Waals surface area contributed by atoms with Crippen LogP contribution in [0.25, 0.3) is 0 Å². The third-order valence-corrected chi connectivity index (χ3v) is 1.56. The molecule has 0 spiro atoms. The van der Waals surface area contributed by atoms with Crippen LogP contribution in [0.4, 0.5) is 0 Å². The van der Waals surface area contributed by atoms with Crippen molar-refractivity contribution in [3.8, 4) is 0 Å². The summed E-state index contributed by atoms with van der Waals surface area (Å²) in [4.78, 5) is 14.1. The van der Waals surface area contributed by atoms with Crippen molar-refractivity contribution >= 4 is 17.9 Å². The number of hydrogen-bond acceptors (Lipinski definition) is 2. The molecule has 0 atom stereocenters. The zero-order valence-electron chi connectivity index (χ0n) is 5.47. The van der Waals surface area contributed by atoms with Crippen LogP contribution in [0.2, 0.25) is 5.02 Å². The Kier molecular flexibility index (Phi) is 2.02. The Morgan fingerprint density at radius 2 is 2.30 bits per heavy atom. The number of carbonyl (C=O) groups is 1. The van der Waals surface area contributed by atoms with Crippen molar-refractivity contribution in [3.63, 3.8) is 0 Å². The summed E-state index contributed by atoms with van der Waals surface area (Å²) in [5, 5.41) is 0.412. The number of aryl methyl sites for hydroxylation is 1. The van der Waals surface area contributed by atoms with E-state index < -0.39 is 0 Å².